The van der Waals surface area contributed by atoms with E-state index in [-0.39, 0.29) is 17.5 Å². The Morgan fingerprint density at radius 3 is 2.70 bits per heavy atom. The van der Waals surface area contributed by atoms with E-state index in [0.717, 1.165) is 12.0 Å². The van der Waals surface area contributed by atoms with Crippen LogP contribution in [0.4, 0.5) is 4.39 Å². The molecule has 0 aliphatic carbocycles. The van der Waals surface area contributed by atoms with Crippen LogP contribution in [0.2, 0.25) is 0 Å². The number of rotatable bonds is 5. The van der Waals surface area contributed by atoms with Crippen LogP contribution in [0.25, 0.3) is 0 Å². The van der Waals surface area contributed by atoms with E-state index in [9.17, 15) is 14.0 Å². The molecule has 0 saturated carbocycles. The second kappa shape index (κ2) is 6.74. The van der Waals surface area contributed by atoms with E-state index >= 15 is 0 Å². The van der Waals surface area contributed by atoms with Crippen LogP contribution in [-0.4, -0.2) is 40.2 Å². The third-order valence-corrected chi connectivity index (χ3v) is 4.25. The normalized spacial score (nSPS) is 18.2. The molecule has 1 amide bonds. The van der Waals surface area contributed by atoms with Crippen LogP contribution in [0, 0.1) is 5.82 Å². The fourth-order valence-corrected chi connectivity index (χ4v) is 3.11. The lowest BCUT2D eigenvalue weighted by Gasteiger charge is -2.21. The van der Waals surface area contributed by atoms with Crippen molar-refractivity contribution in [2.75, 3.05) is 12.3 Å². The summed E-state index contributed by atoms with van der Waals surface area (Å²) >= 11 is 1.41. The Bertz CT molecular complexity index is 492. The summed E-state index contributed by atoms with van der Waals surface area (Å²) in [6, 6.07) is 5.47. The van der Waals surface area contributed by atoms with Gasteiger partial charge in [0.1, 0.15) is 11.9 Å². The van der Waals surface area contributed by atoms with Gasteiger partial charge in [0.25, 0.3) is 0 Å². The Balaban J connectivity index is 1.80. The van der Waals surface area contributed by atoms with Gasteiger partial charge in [-0.3, -0.25) is 4.79 Å². The summed E-state index contributed by atoms with van der Waals surface area (Å²) in [5, 5.41) is 9.03. The molecule has 4 nitrogen and oxygen atoms in total. The molecule has 1 atom stereocenters. The summed E-state index contributed by atoms with van der Waals surface area (Å²) < 4.78 is 12.7. The number of benzene rings is 1. The lowest BCUT2D eigenvalue weighted by atomic mass is 10.2. The highest BCUT2D eigenvalue weighted by Gasteiger charge is 2.33. The third kappa shape index (κ3) is 3.72. The van der Waals surface area contributed by atoms with E-state index in [4.69, 9.17) is 5.11 Å². The molecule has 0 radical (unpaired) electrons. The highest BCUT2D eigenvalue weighted by Crippen LogP contribution is 2.20. The second-order valence-electron chi connectivity index (χ2n) is 4.70. The molecule has 1 aromatic carbocycles. The smallest absolute Gasteiger partial charge is 0.326 e. The van der Waals surface area contributed by atoms with Crippen molar-refractivity contribution < 1.29 is 19.1 Å². The van der Waals surface area contributed by atoms with Gasteiger partial charge in [0, 0.05) is 12.3 Å². The first-order valence-electron chi connectivity index (χ1n) is 6.42. The van der Waals surface area contributed by atoms with Gasteiger partial charge in [-0.2, -0.15) is 0 Å². The summed E-state index contributed by atoms with van der Waals surface area (Å²) in [4.78, 5) is 24.4. The standard InChI is InChI=1S/C14H16FNO3S/c15-11-5-3-10(4-6-11)8-20-9-13(17)16-7-1-2-12(16)14(18)19/h3-6,12H,1-2,7-9H2,(H,18,19). The van der Waals surface area contributed by atoms with Crippen LogP contribution < -0.4 is 0 Å². The minimum atomic E-state index is -0.931. The molecule has 1 saturated heterocycles. The molecule has 0 spiro atoms. The minimum absolute atomic E-state index is 0.137. The number of hydrogen-bond acceptors (Lipinski definition) is 3. The van der Waals surface area contributed by atoms with Crippen LogP contribution in [0.3, 0.4) is 0 Å². The predicted molar refractivity (Wildman–Crippen MR) is 74.9 cm³/mol. The van der Waals surface area contributed by atoms with Crippen molar-refractivity contribution in [3.05, 3.63) is 35.6 Å². The zero-order valence-corrected chi connectivity index (χ0v) is 11.7. The van der Waals surface area contributed by atoms with E-state index in [1.54, 1.807) is 12.1 Å². The summed E-state index contributed by atoms with van der Waals surface area (Å²) in [6.07, 6.45) is 1.27. The van der Waals surface area contributed by atoms with E-state index in [1.165, 1.54) is 28.8 Å². The molecule has 2 rings (SSSR count). The number of aliphatic carboxylic acids is 1. The number of carboxylic acids is 1. The van der Waals surface area contributed by atoms with Crippen LogP contribution in [0.15, 0.2) is 24.3 Å². The summed E-state index contributed by atoms with van der Waals surface area (Å²) in [6.45, 7) is 0.521. The number of carbonyl (C=O) groups excluding carboxylic acids is 1. The lowest BCUT2D eigenvalue weighted by molar-refractivity contribution is -0.147. The van der Waals surface area contributed by atoms with E-state index in [2.05, 4.69) is 0 Å². The Morgan fingerprint density at radius 1 is 1.35 bits per heavy atom. The average Bonchev–Trinajstić information content (AvgIpc) is 2.90. The maximum Gasteiger partial charge on any atom is 0.326 e. The Hall–Kier alpha value is -1.56. The Morgan fingerprint density at radius 2 is 2.05 bits per heavy atom. The number of halogens is 1. The van der Waals surface area contributed by atoms with Crippen molar-refractivity contribution >= 4 is 23.6 Å². The molecule has 6 heteroatoms. The van der Waals surface area contributed by atoms with Crippen molar-refractivity contribution in [3.8, 4) is 0 Å². The van der Waals surface area contributed by atoms with Crippen LogP contribution in [0.1, 0.15) is 18.4 Å². The number of carboxylic acid groups (broad SMARTS) is 1. The van der Waals surface area contributed by atoms with Crippen LogP contribution in [0.5, 0.6) is 0 Å². The first-order chi connectivity index (χ1) is 9.58. The van der Waals surface area contributed by atoms with Gasteiger partial charge >= 0.3 is 5.97 Å². The molecule has 1 aliphatic rings. The van der Waals surface area contributed by atoms with Gasteiger partial charge in [-0.25, -0.2) is 9.18 Å². The maximum atomic E-state index is 12.7. The molecule has 1 fully saturated rings. The van der Waals surface area contributed by atoms with Crippen molar-refractivity contribution in [3.63, 3.8) is 0 Å². The van der Waals surface area contributed by atoms with Gasteiger partial charge in [0.2, 0.25) is 5.91 Å². The predicted octanol–water partition coefficient (Wildman–Crippen LogP) is 2.13. The monoisotopic (exact) mass is 297 g/mol. The fourth-order valence-electron chi connectivity index (χ4n) is 2.24. The molecule has 0 aromatic heterocycles. The lowest BCUT2D eigenvalue weighted by Crippen LogP contribution is -2.41. The number of carbonyl (C=O) groups is 2. The molecule has 1 aromatic rings. The average molecular weight is 297 g/mol. The van der Waals surface area contributed by atoms with Gasteiger partial charge in [0.05, 0.1) is 5.75 Å². The minimum Gasteiger partial charge on any atom is -0.480 e. The van der Waals surface area contributed by atoms with Gasteiger partial charge in [0.15, 0.2) is 0 Å². The highest BCUT2D eigenvalue weighted by molar-refractivity contribution is 7.99. The molecule has 1 heterocycles. The van der Waals surface area contributed by atoms with E-state index in [1.807, 2.05) is 0 Å². The Labute approximate surface area is 121 Å². The molecule has 1 aliphatic heterocycles. The van der Waals surface area contributed by atoms with Gasteiger partial charge < -0.3 is 10.0 Å². The fraction of sp³-hybridized carbons (Fsp3) is 0.429. The molecule has 1 N–H and O–H groups in total. The first kappa shape index (κ1) is 14.8. The van der Waals surface area contributed by atoms with Gasteiger partial charge in [-0.1, -0.05) is 12.1 Å². The van der Waals surface area contributed by atoms with Crippen molar-refractivity contribution in [1.29, 1.82) is 0 Å². The number of thioether (sulfide) groups is 1. The molecule has 20 heavy (non-hydrogen) atoms. The van der Waals surface area contributed by atoms with Crippen molar-refractivity contribution in [1.82, 2.24) is 4.90 Å². The second-order valence-corrected chi connectivity index (χ2v) is 5.69. The van der Waals surface area contributed by atoms with Crippen molar-refractivity contribution in [2.24, 2.45) is 0 Å². The van der Waals surface area contributed by atoms with Crippen molar-refractivity contribution in [2.45, 2.75) is 24.6 Å². The third-order valence-electron chi connectivity index (χ3n) is 3.27. The maximum absolute atomic E-state index is 12.7. The zero-order valence-electron chi connectivity index (χ0n) is 10.9. The number of amides is 1. The zero-order chi connectivity index (χ0) is 14.5. The highest BCUT2D eigenvalue weighted by atomic mass is 32.2. The van der Waals surface area contributed by atoms with Gasteiger partial charge in [-0.05, 0) is 30.5 Å². The summed E-state index contributed by atoms with van der Waals surface area (Å²) in [5.74, 6) is -0.490. The van der Waals surface area contributed by atoms with Crippen LogP contribution >= 0.6 is 11.8 Å². The SMILES string of the molecule is O=C(O)C1CCCN1C(=O)CSCc1ccc(F)cc1. The topological polar surface area (TPSA) is 57.6 Å². The number of likely N-dealkylation sites (tertiary alicyclic amines) is 1. The van der Waals surface area contributed by atoms with Crippen LogP contribution in [-0.2, 0) is 15.3 Å². The molecular weight excluding hydrogens is 281 g/mol. The Kier molecular flexibility index (Phi) is 5.00. The van der Waals surface area contributed by atoms with E-state index < -0.39 is 12.0 Å². The summed E-state index contributed by atoms with van der Waals surface area (Å²) in [5.41, 5.74) is 0.945. The molecular formula is C14H16FNO3S. The molecule has 1 unspecified atom stereocenters. The van der Waals surface area contributed by atoms with E-state index in [0.29, 0.717) is 18.7 Å². The molecule has 0 bridgehead atoms. The molecule has 108 valence electrons. The number of hydrogen-bond donors (Lipinski definition) is 1. The largest absolute Gasteiger partial charge is 0.480 e. The van der Waals surface area contributed by atoms with Gasteiger partial charge in [-0.15, -0.1) is 11.8 Å². The number of nitrogens with zero attached hydrogens (tertiary/aromatic N) is 1. The summed E-state index contributed by atoms with van der Waals surface area (Å²) in [7, 11) is 0. The first-order valence-corrected chi connectivity index (χ1v) is 7.58. The quantitative estimate of drug-likeness (QED) is 0.904.